The van der Waals surface area contributed by atoms with E-state index < -0.39 is 0 Å². The maximum absolute atomic E-state index is 11.2. The first-order valence-electron chi connectivity index (χ1n) is 10.9. The van der Waals surface area contributed by atoms with Crippen LogP contribution < -0.4 is 21.3 Å². The molecule has 0 aliphatic carbocycles. The zero-order chi connectivity index (χ0) is 23.6. The van der Waals surface area contributed by atoms with Crippen LogP contribution in [0.5, 0.6) is 0 Å². The number of hydrogen-bond acceptors (Lipinski definition) is 7. The average Bonchev–Trinajstić information content (AvgIpc) is 2.79. The van der Waals surface area contributed by atoms with Crippen LogP contribution in [0.2, 0.25) is 0 Å². The molecule has 3 aromatic rings. The van der Waals surface area contributed by atoms with Crippen LogP contribution in [-0.4, -0.2) is 33.9 Å². The molecular formula is C25H39N7O. The Balaban J connectivity index is 0. The third-order valence-electron chi connectivity index (χ3n) is 4.93. The lowest BCUT2D eigenvalue weighted by molar-refractivity contribution is -0.119. The second-order valence-electron chi connectivity index (χ2n) is 7.82. The quantitative estimate of drug-likeness (QED) is 0.298. The Morgan fingerprint density at radius 1 is 1.06 bits per heavy atom. The third-order valence-corrected chi connectivity index (χ3v) is 4.93. The first-order valence-corrected chi connectivity index (χ1v) is 10.9. The van der Waals surface area contributed by atoms with Crippen molar-refractivity contribution in [1.29, 1.82) is 0 Å². The minimum absolute atomic E-state index is 0. The largest absolute Gasteiger partial charge is 0.389 e. The van der Waals surface area contributed by atoms with Crippen molar-refractivity contribution >= 4 is 23.4 Å². The molecule has 33 heavy (non-hydrogen) atoms. The van der Waals surface area contributed by atoms with E-state index >= 15 is 0 Å². The standard InChI is InChI=1S/C25H31N7O.4H2/c1-17(2)26-11-6-12-27-24-18(3)22(9-13-28-24)23-10-14-29-25(32-23)31-21-8-5-7-20(15-21)16-30-19(4)33;;;;/h5,7-10,13-15,26H,1,6,11-12,16H2,2-4H3,(H,27,28)(H,30,33)(H,29,31,32);4*1H. The summed E-state index contributed by atoms with van der Waals surface area (Å²) in [5.74, 6) is 1.29. The average molecular weight is 454 g/mol. The van der Waals surface area contributed by atoms with Crippen LogP contribution in [0.25, 0.3) is 11.3 Å². The van der Waals surface area contributed by atoms with Gasteiger partial charge in [-0.1, -0.05) is 18.7 Å². The van der Waals surface area contributed by atoms with Crippen LogP contribution in [0.15, 0.2) is 61.1 Å². The van der Waals surface area contributed by atoms with Crippen molar-refractivity contribution in [3.63, 3.8) is 0 Å². The van der Waals surface area contributed by atoms with Gasteiger partial charge >= 0.3 is 0 Å². The first-order chi connectivity index (χ1) is 15.9. The maximum atomic E-state index is 11.2. The van der Waals surface area contributed by atoms with Crippen LogP contribution in [0.3, 0.4) is 0 Å². The van der Waals surface area contributed by atoms with Gasteiger partial charge in [-0.25, -0.2) is 15.0 Å². The molecule has 3 rings (SSSR count). The van der Waals surface area contributed by atoms with E-state index in [0.717, 1.165) is 59.1 Å². The molecule has 0 fully saturated rings. The van der Waals surface area contributed by atoms with E-state index in [4.69, 9.17) is 4.98 Å². The summed E-state index contributed by atoms with van der Waals surface area (Å²) >= 11 is 0. The number of pyridine rings is 1. The fourth-order valence-corrected chi connectivity index (χ4v) is 3.27. The summed E-state index contributed by atoms with van der Waals surface area (Å²) in [4.78, 5) is 24.7. The highest BCUT2D eigenvalue weighted by Crippen LogP contribution is 2.26. The van der Waals surface area contributed by atoms with E-state index in [2.05, 4.69) is 37.8 Å². The molecule has 0 radical (unpaired) electrons. The molecule has 0 saturated carbocycles. The topological polar surface area (TPSA) is 104 Å². The van der Waals surface area contributed by atoms with Crippen molar-refractivity contribution in [2.24, 2.45) is 0 Å². The van der Waals surface area contributed by atoms with Gasteiger partial charge in [0.25, 0.3) is 0 Å². The number of carbonyl (C=O) groups excluding carboxylic acids is 1. The molecule has 0 aliphatic heterocycles. The third kappa shape index (κ3) is 7.31. The predicted molar refractivity (Wildman–Crippen MR) is 142 cm³/mol. The van der Waals surface area contributed by atoms with Crippen LogP contribution in [0.1, 0.15) is 37.1 Å². The minimum Gasteiger partial charge on any atom is -0.389 e. The molecule has 0 spiro atoms. The molecule has 0 aliphatic rings. The molecule has 8 heteroatoms. The molecule has 0 bridgehead atoms. The van der Waals surface area contributed by atoms with Crippen molar-refractivity contribution in [2.75, 3.05) is 23.7 Å². The van der Waals surface area contributed by atoms with Crippen molar-refractivity contribution in [1.82, 2.24) is 25.6 Å². The maximum Gasteiger partial charge on any atom is 0.227 e. The highest BCUT2D eigenvalue weighted by atomic mass is 16.1. The molecule has 2 aromatic heterocycles. The lowest BCUT2D eigenvalue weighted by Gasteiger charge is -2.13. The van der Waals surface area contributed by atoms with Gasteiger partial charge in [-0.05, 0) is 50.1 Å². The normalized spacial score (nSPS) is 10.4. The second kappa shape index (κ2) is 11.6. The van der Waals surface area contributed by atoms with Crippen LogP contribution >= 0.6 is 0 Å². The first kappa shape index (κ1) is 23.7. The summed E-state index contributed by atoms with van der Waals surface area (Å²) in [6, 6.07) is 11.6. The van der Waals surface area contributed by atoms with Crippen LogP contribution in [0, 0.1) is 6.92 Å². The summed E-state index contributed by atoms with van der Waals surface area (Å²) in [7, 11) is 0. The van der Waals surface area contributed by atoms with Gasteiger partial charge in [0, 0.05) is 67.2 Å². The zero-order valence-electron chi connectivity index (χ0n) is 19.4. The molecule has 2 heterocycles. The van der Waals surface area contributed by atoms with Gasteiger partial charge in [-0.3, -0.25) is 4.79 Å². The molecule has 0 unspecified atom stereocenters. The van der Waals surface area contributed by atoms with E-state index in [-0.39, 0.29) is 11.6 Å². The summed E-state index contributed by atoms with van der Waals surface area (Å²) < 4.78 is 0. The van der Waals surface area contributed by atoms with Gasteiger partial charge in [-0.2, -0.15) is 0 Å². The number of aromatic nitrogens is 3. The summed E-state index contributed by atoms with van der Waals surface area (Å²) in [5.41, 5.74) is 5.66. The molecule has 0 atom stereocenters. The van der Waals surface area contributed by atoms with Crippen LogP contribution in [-0.2, 0) is 11.3 Å². The van der Waals surface area contributed by atoms with Crippen molar-refractivity contribution in [2.45, 2.75) is 33.7 Å². The number of benzene rings is 1. The fourth-order valence-electron chi connectivity index (χ4n) is 3.27. The number of amides is 1. The van der Waals surface area contributed by atoms with E-state index in [9.17, 15) is 4.79 Å². The number of rotatable bonds is 11. The molecule has 0 saturated heterocycles. The zero-order valence-corrected chi connectivity index (χ0v) is 19.4. The molecule has 180 valence electrons. The van der Waals surface area contributed by atoms with Crippen molar-refractivity contribution in [3.8, 4) is 11.3 Å². The molecule has 1 aromatic carbocycles. The Morgan fingerprint density at radius 3 is 2.67 bits per heavy atom. The SMILES string of the molecule is C=C(C)NCCCNc1nccc(-c2ccnc(Nc3cccc(CNC(C)=O)c3)n2)c1C.[HH].[HH].[HH].[HH]. The smallest absolute Gasteiger partial charge is 0.227 e. The molecule has 1 amide bonds. The van der Waals surface area contributed by atoms with Gasteiger partial charge < -0.3 is 21.3 Å². The number of carbonyl (C=O) groups is 1. The van der Waals surface area contributed by atoms with Gasteiger partial charge in [0.1, 0.15) is 5.82 Å². The van der Waals surface area contributed by atoms with Crippen LogP contribution in [0.4, 0.5) is 17.5 Å². The van der Waals surface area contributed by atoms with Crippen molar-refractivity contribution < 1.29 is 10.5 Å². The Morgan fingerprint density at radius 2 is 1.88 bits per heavy atom. The monoisotopic (exact) mass is 453 g/mol. The highest BCUT2D eigenvalue weighted by molar-refractivity contribution is 5.73. The lowest BCUT2D eigenvalue weighted by Crippen LogP contribution is -2.18. The number of hydrogen-bond donors (Lipinski definition) is 4. The number of nitrogens with one attached hydrogen (secondary N) is 4. The van der Waals surface area contributed by atoms with E-state index in [1.54, 1.807) is 12.4 Å². The van der Waals surface area contributed by atoms with Gasteiger partial charge in [0.2, 0.25) is 11.9 Å². The Bertz CT molecular complexity index is 1130. The van der Waals surface area contributed by atoms with Gasteiger partial charge in [0.15, 0.2) is 0 Å². The number of allylic oxidation sites excluding steroid dienone is 1. The highest BCUT2D eigenvalue weighted by Gasteiger charge is 2.10. The van der Waals surface area contributed by atoms with Crippen molar-refractivity contribution in [3.05, 3.63) is 72.2 Å². The summed E-state index contributed by atoms with van der Waals surface area (Å²) in [6.45, 7) is 11.5. The Kier molecular flexibility index (Phi) is 8.35. The Labute approximate surface area is 200 Å². The number of nitrogens with zero attached hydrogens (tertiary/aromatic N) is 3. The Hall–Kier alpha value is -3.94. The molecule has 4 N–H and O–H groups in total. The van der Waals surface area contributed by atoms with E-state index in [1.807, 2.05) is 50.2 Å². The lowest BCUT2D eigenvalue weighted by atomic mass is 10.1. The van der Waals surface area contributed by atoms with Gasteiger partial charge in [-0.15, -0.1) is 0 Å². The fraction of sp³-hybridized carbons (Fsp3) is 0.280. The molecule has 8 nitrogen and oxygen atoms in total. The molecular weight excluding hydrogens is 414 g/mol. The van der Waals surface area contributed by atoms with Gasteiger partial charge in [0.05, 0.1) is 5.69 Å². The van der Waals surface area contributed by atoms with E-state index in [1.165, 1.54) is 6.92 Å². The minimum atomic E-state index is -0.0606. The second-order valence-corrected chi connectivity index (χ2v) is 7.82. The summed E-state index contributed by atoms with van der Waals surface area (Å²) in [6.07, 6.45) is 4.49. The van der Waals surface area contributed by atoms with E-state index in [0.29, 0.717) is 12.5 Å². The summed E-state index contributed by atoms with van der Waals surface area (Å²) in [5, 5.41) is 12.7. The number of anilines is 3. The predicted octanol–water partition coefficient (Wildman–Crippen LogP) is 5.14.